The van der Waals surface area contributed by atoms with Gasteiger partial charge in [0.05, 0.1) is 12.2 Å². The minimum Gasteiger partial charge on any atom is -0.361 e. The molecule has 0 aliphatic heterocycles. The average Bonchev–Trinajstić information content (AvgIpc) is 2.81. The fraction of sp³-hybridized carbons (Fsp3) is 0.500. The van der Waals surface area contributed by atoms with Crippen molar-refractivity contribution in [1.29, 1.82) is 0 Å². The van der Waals surface area contributed by atoms with Gasteiger partial charge in [0.2, 0.25) is 0 Å². The van der Waals surface area contributed by atoms with E-state index in [9.17, 15) is 0 Å². The smallest absolute Gasteiger partial charge is 0.138 e. The van der Waals surface area contributed by atoms with Gasteiger partial charge in [-0.25, -0.2) is 4.98 Å². The van der Waals surface area contributed by atoms with Gasteiger partial charge < -0.3 is 9.09 Å². The Hall–Kier alpha value is -1.58. The summed E-state index contributed by atoms with van der Waals surface area (Å²) in [7, 11) is 0. The molecule has 0 bridgehead atoms. The summed E-state index contributed by atoms with van der Waals surface area (Å²) in [6.07, 6.45) is 5.98. The van der Waals surface area contributed by atoms with Crippen LogP contribution in [0.15, 0.2) is 16.9 Å². The normalized spacial score (nSPS) is 10.9. The molecule has 0 amide bonds. The second-order valence-electron chi connectivity index (χ2n) is 4.02. The summed E-state index contributed by atoms with van der Waals surface area (Å²) in [4.78, 5) is 4.36. The van der Waals surface area contributed by atoms with E-state index in [1.165, 1.54) is 0 Å². The minimum absolute atomic E-state index is 0.802. The Morgan fingerprint density at radius 1 is 1.38 bits per heavy atom. The number of rotatable bonds is 4. The van der Waals surface area contributed by atoms with Crippen molar-refractivity contribution in [2.75, 3.05) is 0 Å². The van der Waals surface area contributed by atoms with Gasteiger partial charge in [-0.2, -0.15) is 0 Å². The molecule has 2 aromatic heterocycles. The van der Waals surface area contributed by atoms with Gasteiger partial charge in [0.25, 0.3) is 0 Å². The van der Waals surface area contributed by atoms with Gasteiger partial charge in [-0.1, -0.05) is 12.1 Å². The van der Waals surface area contributed by atoms with Crippen LogP contribution in [0.3, 0.4) is 0 Å². The van der Waals surface area contributed by atoms with Crippen molar-refractivity contribution in [3.05, 3.63) is 35.2 Å². The van der Waals surface area contributed by atoms with Gasteiger partial charge in [-0.15, -0.1) is 0 Å². The number of hydrogen-bond donors (Lipinski definition) is 0. The molecule has 0 saturated carbocycles. The molecule has 2 heterocycles. The molecule has 0 atom stereocenters. The van der Waals surface area contributed by atoms with Crippen LogP contribution in [0.5, 0.6) is 0 Å². The van der Waals surface area contributed by atoms with E-state index in [1.54, 1.807) is 0 Å². The number of aryl methyl sites for hydroxylation is 3. The van der Waals surface area contributed by atoms with Crippen LogP contribution >= 0.6 is 0 Å². The minimum atomic E-state index is 0.802. The molecule has 0 aliphatic rings. The topological polar surface area (TPSA) is 43.9 Å². The van der Waals surface area contributed by atoms with Gasteiger partial charge in [0, 0.05) is 24.4 Å². The molecule has 0 radical (unpaired) electrons. The second-order valence-corrected chi connectivity index (χ2v) is 4.02. The summed E-state index contributed by atoms with van der Waals surface area (Å²) in [5.74, 6) is 2.02. The molecule has 4 heteroatoms. The number of nitrogens with zero attached hydrogens (tertiary/aromatic N) is 3. The third kappa shape index (κ3) is 2.01. The summed E-state index contributed by atoms with van der Waals surface area (Å²) in [6.45, 7) is 6.89. The zero-order chi connectivity index (χ0) is 11.5. The van der Waals surface area contributed by atoms with Crippen LogP contribution in [0.25, 0.3) is 0 Å². The molecule has 0 aromatic carbocycles. The molecule has 16 heavy (non-hydrogen) atoms. The molecule has 0 fully saturated rings. The first-order valence-electron chi connectivity index (χ1n) is 5.64. The Labute approximate surface area is 95.3 Å². The molecule has 2 rings (SSSR count). The van der Waals surface area contributed by atoms with E-state index in [-0.39, 0.29) is 0 Å². The zero-order valence-electron chi connectivity index (χ0n) is 10.0. The molecule has 0 aliphatic carbocycles. The lowest BCUT2D eigenvalue weighted by molar-refractivity contribution is 0.392. The van der Waals surface area contributed by atoms with Crippen LogP contribution in [-0.2, 0) is 13.0 Å². The standard InChI is InChI=1S/C12H17N3O/c1-4-5-12-13-6-7-15(12)8-11-9(2)14-16-10(11)3/h6-7H,4-5,8H2,1-3H3. The molecule has 0 saturated heterocycles. The Kier molecular flexibility index (Phi) is 3.08. The van der Waals surface area contributed by atoms with E-state index in [0.717, 1.165) is 42.2 Å². The van der Waals surface area contributed by atoms with E-state index in [1.807, 2.05) is 26.2 Å². The quantitative estimate of drug-likeness (QED) is 0.793. The molecular weight excluding hydrogens is 202 g/mol. The molecule has 86 valence electrons. The van der Waals surface area contributed by atoms with Crippen LogP contribution < -0.4 is 0 Å². The third-order valence-corrected chi connectivity index (χ3v) is 2.78. The monoisotopic (exact) mass is 219 g/mol. The highest BCUT2D eigenvalue weighted by Crippen LogP contribution is 2.15. The van der Waals surface area contributed by atoms with E-state index in [2.05, 4.69) is 21.6 Å². The van der Waals surface area contributed by atoms with E-state index in [0.29, 0.717) is 0 Å². The molecule has 0 N–H and O–H groups in total. The summed E-state index contributed by atoms with van der Waals surface area (Å²) in [6, 6.07) is 0. The van der Waals surface area contributed by atoms with Crippen molar-refractivity contribution in [2.24, 2.45) is 0 Å². The molecule has 4 nitrogen and oxygen atoms in total. The molecule has 2 aromatic rings. The largest absolute Gasteiger partial charge is 0.361 e. The van der Waals surface area contributed by atoms with Crippen LogP contribution in [0, 0.1) is 13.8 Å². The third-order valence-electron chi connectivity index (χ3n) is 2.78. The first-order valence-corrected chi connectivity index (χ1v) is 5.64. The Morgan fingerprint density at radius 2 is 2.19 bits per heavy atom. The van der Waals surface area contributed by atoms with Crippen molar-refractivity contribution in [2.45, 2.75) is 40.2 Å². The molecular formula is C12H17N3O. The second kappa shape index (κ2) is 4.51. The Bertz CT molecular complexity index is 451. The van der Waals surface area contributed by atoms with E-state index >= 15 is 0 Å². The lowest BCUT2D eigenvalue weighted by Gasteiger charge is -2.06. The lowest BCUT2D eigenvalue weighted by Crippen LogP contribution is -2.05. The molecule has 0 unspecified atom stereocenters. The highest BCUT2D eigenvalue weighted by atomic mass is 16.5. The van der Waals surface area contributed by atoms with Crippen molar-refractivity contribution in [1.82, 2.24) is 14.7 Å². The predicted molar refractivity (Wildman–Crippen MR) is 61.3 cm³/mol. The zero-order valence-corrected chi connectivity index (χ0v) is 10.0. The van der Waals surface area contributed by atoms with Gasteiger partial charge in [-0.05, 0) is 20.3 Å². The lowest BCUT2D eigenvalue weighted by atomic mass is 10.2. The fourth-order valence-electron chi connectivity index (χ4n) is 1.83. The maximum atomic E-state index is 5.16. The number of aromatic nitrogens is 3. The number of imidazole rings is 1. The van der Waals surface area contributed by atoms with Crippen molar-refractivity contribution < 1.29 is 4.52 Å². The Morgan fingerprint density at radius 3 is 2.81 bits per heavy atom. The maximum Gasteiger partial charge on any atom is 0.138 e. The highest BCUT2D eigenvalue weighted by molar-refractivity contribution is 5.21. The van der Waals surface area contributed by atoms with Gasteiger partial charge in [0.15, 0.2) is 0 Å². The summed E-state index contributed by atoms with van der Waals surface area (Å²) < 4.78 is 7.32. The van der Waals surface area contributed by atoms with Crippen molar-refractivity contribution >= 4 is 0 Å². The first-order chi connectivity index (χ1) is 7.72. The highest BCUT2D eigenvalue weighted by Gasteiger charge is 2.11. The maximum absolute atomic E-state index is 5.16. The Balaban J connectivity index is 2.23. The predicted octanol–water partition coefficient (Wildman–Crippen LogP) is 2.49. The average molecular weight is 219 g/mol. The van der Waals surface area contributed by atoms with Crippen LogP contribution in [0.2, 0.25) is 0 Å². The summed E-state index contributed by atoms with van der Waals surface area (Å²) in [5, 5.41) is 3.96. The van der Waals surface area contributed by atoms with E-state index < -0.39 is 0 Å². The van der Waals surface area contributed by atoms with Crippen LogP contribution in [0.1, 0.15) is 36.2 Å². The van der Waals surface area contributed by atoms with Crippen molar-refractivity contribution in [3.8, 4) is 0 Å². The van der Waals surface area contributed by atoms with Crippen molar-refractivity contribution in [3.63, 3.8) is 0 Å². The first kappa shape index (κ1) is 10.9. The summed E-state index contributed by atoms with van der Waals surface area (Å²) in [5.41, 5.74) is 2.13. The van der Waals surface area contributed by atoms with E-state index in [4.69, 9.17) is 4.52 Å². The van der Waals surface area contributed by atoms with Gasteiger partial charge >= 0.3 is 0 Å². The molecule has 0 spiro atoms. The summed E-state index contributed by atoms with van der Waals surface area (Å²) >= 11 is 0. The number of hydrogen-bond acceptors (Lipinski definition) is 3. The fourth-order valence-corrected chi connectivity index (χ4v) is 1.83. The van der Waals surface area contributed by atoms with Crippen LogP contribution in [0.4, 0.5) is 0 Å². The van der Waals surface area contributed by atoms with Gasteiger partial charge in [-0.3, -0.25) is 0 Å². The van der Waals surface area contributed by atoms with Crippen LogP contribution in [-0.4, -0.2) is 14.7 Å². The SMILES string of the molecule is CCCc1nccn1Cc1c(C)noc1C. The van der Waals surface area contributed by atoms with Gasteiger partial charge in [0.1, 0.15) is 11.6 Å².